The summed E-state index contributed by atoms with van der Waals surface area (Å²) < 4.78 is 12.5. The van der Waals surface area contributed by atoms with Crippen LogP contribution in [0.15, 0.2) is 53.3 Å². The zero-order chi connectivity index (χ0) is 31.6. The van der Waals surface area contributed by atoms with Crippen LogP contribution in [0.5, 0.6) is 11.5 Å². The number of nitro groups is 1. The molecule has 2 aromatic carbocycles. The van der Waals surface area contributed by atoms with Gasteiger partial charge in [0.25, 0.3) is 11.8 Å². The predicted molar refractivity (Wildman–Crippen MR) is 161 cm³/mol. The molecule has 7 rings (SSSR count). The van der Waals surface area contributed by atoms with Crippen molar-refractivity contribution in [1.82, 2.24) is 14.4 Å². The molecule has 1 aromatic heterocycles. The number of carbonyl (C=O) groups excluding carboxylic acids is 3. The van der Waals surface area contributed by atoms with Gasteiger partial charge in [-0.05, 0) is 43.0 Å². The lowest BCUT2D eigenvalue weighted by atomic mass is 9.83. The fourth-order valence-electron chi connectivity index (χ4n) is 7.49. The Hall–Kier alpha value is -5.20. The number of carbonyl (C=O) groups is 3. The SMILES string of the molecule is COc1ccc2c(c1OC)C(=O)N1c3ccccc3C(=O)N(CCCC(=O)N3C[C@H]4C[C@@H](C3)c3ccc([N+](=O)[O-])c(=O)n3C4)[C@H]21. The number of aromatic nitrogens is 1. The molecule has 0 saturated carbocycles. The van der Waals surface area contributed by atoms with Gasteiger partial charge in [0.1, 0.15) is 6.17 Å². The zero-order valence-electron chi connectivity index (χ0n) is 24.8. The maximum atomic E-state index is 13.9. The minimum Gasteiger partial charge on any atom is -0.493 e. The van der Waals surface area contributed by atoms with Crippen molar-refractivity contribution >= 4 is 29.1 Å². The van der Waals surface area contributed by atoms with Crippen LogP contribution in [0, 0.1) is 16.0 Å². The highest BCUT2D eigenvalue weighted by atomic mass is 16.6. The zero-order valence-corrected chi connectivity index (χ0v) is 24.8. The standard InChI is InChI=1S/C32H31N5O8/c1-44-25-12-9-21-27(28(25)45-2)32(41)36-23-7-4-3-6-20(23)30(39)34(29(21)36)13-5-8-26(38)33-15-18-14-19(17-33)22-10-11-24(37(42)43)31(40)35(22)16-18/h3-4,6-7,9-12,18-19,29H,5,8,13-17H2,1-2H3/t18-,19+,29+/m1/s1. The summed E-state index contributed by atoms with van der Waals surface area (Å²) in [7, 11) is 2.97. The number of ether oxygens (including phenoxy) is 2. The van der Waals surface area contributed by atoms with Crippen LogP contribution < -0.4 is 19.9 Å². The van der Waals surface area contributed by atoms with E-state index < -0.39 is 22.3 Å². The van der Waals surface area contributed by atoms with Crippen molar-refractivity contribution in [2.24, 2.45) is 5.92 Å². The maximum Gasteiger partial charge on any atom is 0.334 e. The number of rotatable bonds is 7. The first kappa shape index (κ1) is 28.6. The highest BCUT2D eigenvalue weighted by Crippen LogP contribution is 2.49. The number of benzene rings is 2. The lowest BCUT2D eigenvalue weighted by Crippen LogP contribution is -2.50. The molecule has 13 nitrogen and oxygen atoms in total. The number of methoxy groups -OCH3 is 2. The Morgan fingerprint density at radius 3 is 2.53 bits per heavy atom. The van der Waals surface area contributed by atoms with Crippen molar-refractivity contribution in [3.8, 4) is 11.5 Å². The summed E-state index contributed by atoms with van der Waals surface area (Å²) in [4.78, 5) is 69.6. The third kappa shape index (κ3) is 4.36. The van der Waals surface area contributed by atoms with Crippen molar-refractivity contribution in [2.45, 2.75) is 37.9 Å². The van der Waals surface area contributed by atoms with Crippen LogP contribution in [0.25, 0.3) is 0 Å². The smallest absolute Gasteiger partial charge is 0.334 e. The Bertz CT molecular complexity index is 1840. The van der Waals surface area contributed by atoms with E-state index in [0.29, 0.717) is 65.6 Å². The average molecular weight is 614 g/mol. The first-order valence-electron chi connectivity index (χ1n) is 14.9. The van der Waals surface area contributed by atoms with Crippen molar-refractivity contribution in [3.05, 3.63) is 91.4 Å². The van der Waals surface area contributed by atoms with Gasteiger partial charge in [-0.15, -0.1) is 0 Å². The van der Waals surface area contributed by atoms with E-state index in [2.05, 4.69) is 0 Å². The number of pyridine rings is 1. The van der Waals surface area contributed by atoms with Gasteiger partial charge < -0.3 is 23.8 Å². The van der Waals surface area contributed by atoms with Gasteiger partial charge in [0, 0.05) is 55.8 Å². The number of hydrogen-bond donors (Lipinski definition) is 0. The quantitative estimate of drug-likeness (QED) is 0.292. The molecule has 3 aromatic rings. The summed E-state index contributed by atoms with van der Waals surface area (Å²) in [5.74, 6) is 0.0770. The molecule has 3 amide bonds. The van der Waals surface area contributed by atoms with Crippen LogP contribution in [0.4, 0.5) is 11.4 Å². The van der Waals surface area contributed by atoms with Gasteiger partial charge in [0.2, 0.25) is 5.91 Å². The van der Waals surface area contributed by atoms with Gasteiger partial charge in [-0.2, -0.15) is 0 Å². The van der Waals surface area contributed by atoms with Crippen LogP contribution >= 0.6 is 0 Å². The molecule has 5 heterocycles. The second-order valence-corrected chi connectivity index (χ2v) is 11.8. The molecule has 45 heavy (non-hydrogen) atoms. The van der Waals surface area contributed by atoms with Crippen LogP contribution in [0.1, 0.15) is 63.3 Å². The topological polar surface area (TPSA) is 145 Å². The van der Waals surface area contributed by atoms with Crippen molar-refractivity contribution < 1.29 is 28.8 Å². The molecule has 4 aliphatic rings. The summed E-state index contributed by atoms with van der Waals surface area (Å²) >= 11 is 0. The molecule has 0 radical (unpaired) electrons. The number of para-hydroxylation sites is 1. The molecule has 232 valence electrons. The monoisotopic (exact) mass is 613 g/mol. The maximum absolute atomic E-state index is 13.9. The fraction of sp³-hybridized carbons (Fsp3) is 0.375. The summed E-state index contributed by atoms with van der Waals surface area (Å²) in [6.07, 6.45) is 0.680. The lowest BCUT2D eigenvalue weighted by Gasteiger charge is -2.43. The molecule has 0 spiro atoms. The second-order valence-electron chi connectivity index (χ2n) is 11.8. The number of likely N-dealkylation sites (tertiary alicyclic amines) is 1. The largest absolute Gasteiger partial charge is 0.493 e. The van der Waals surface area contributed by atoms with E-state index in [-0.39, 0.29) is 42.5 Å². The lowest BCUT2D eigenvalue weighted by molar-refractivity contribution is -0.386. The first-order valence-corrected chi connectivity index (χ1v) is 14.9. The second kappa shape index (κ2) is 10.8. The van der Waals surface area contributed by atoms with Crippen molar-refractivity contribution in [2.75, 3.05) is 38.8 Å². The molecule has 0 aliphatic carbocycles. The highest BCUT2D eigenvalue weighted by molar-refractivity contribution is 6.18. The number of nitrogens with zero attached hydrogens (tertiary/aromatic N) is 5. The minimum atomic E-state index is -0.696. The van der Waals surface area contributed by atoms with E-state index in [0.717, 1.165) is 6.42 Å². The van der Waals surface area contributed by atoms with E-state index in [4.69, 9.17) is 9.47 Å². The highest BCUT2D eigenvalue weighted by Gasteiger charge is 2.49. The van der Waals surface area contributed by atoms with Crippen LogP contribution in [0.3, 0.4) is 0 Å². The van der Waals surface area contributed by atoms with Crippen LogP contribution in [0.2, 0.25) is 0 Å². The predicted octanol–water partition coefficient (Wildman–Crippen LogP) is 3.31. The third-order valence-corrected chi connectivity index (χ3v) is 9.41. The summed E-state index contributed by atoms with van der Waals surface area (Å²) in [6, 6.07) is 13.4. The average Bonchev–Trinajstić information content (AvgIpc) is 3.34. The summed E-state index contributed by atoms with van der Waals surface area (Å²) in [5, 5.41) is 11.3. The third-order valence-electron chi connectivity index (χ3n) is 9.41. The molecule has 2 bridgehead atoms. The van der Waals surface area contributed by atoms with Crippen LogP contribution in [-0.4, -0.2) is 70.9 Å². The molecule has 0 unspecified atom stereocenters. The molecule has 1 fully saturated rings. The molecule has 4 aliphatic heterocycles. The molecule has 0 N–H and O–H groups in total. The Labute approximate surface area is 257 Å². The van der Waals surface area contributed by atoms with Crippen LogP contribution in [-0.2, 0) is 11.3 Å². The van der Waals surface area contributed by atoms with Gasteiger partial charge in [-0.1, -0.05) is 18.2 Å². The minimum absolute atomic E-state index is 0.0154. The fourth-order valence-corrected chi connectivity index (χ4v) is 7.49. The van der Waals surface area contributed by atoms with E-state index in [9.17, 15) is 29.3 Å². The molecule has 13 heteroatoms. The molecular weight excluding hydrogens is 582 g/mol. The number of hydrogen-bond acceptors (Lipinski definition) is 8. The summed E-state index contributed by atoms with van der Waals surface area (Å²) in [5.41, 5.74) is 1.58. The van der Waals surface area contributed by atoms with E-state index >= 15 is 0 Å². The van der Waals surface area contributed by atoms with E-state index in [1.165, 1.54) is 24.9 Å². The van der Waals surface area contributed by atoms with E-state index in [1.54, 1.807) is 57.2 Å². The van der Waals surface area contributed by atoms with Crippen molar-refractivity contribution in [1.29, 1.82) is 0 Å². The van der Waals surface area contributed by atoms with Gasteiger partial charge in [0.05, 0.1) is 36.0 Å². The molecular formula is C32H31N5O8. The van der Waals surface area contributed by atoms with Gasteiger partial charge in [-0.3, -0.25) is 34.2 Å². The number of piperidine rings is 1. The number of amides is 3. The van der Waals surface area contributed by atoms with Gasteiger partial charge in [-0.25, -0.2) is 0 Å². The normalized spacial score (nSPS) is 21.1. The molecule has 3 atom stereocenters. The Morgan fingerprint density at radius 1 is 0.978 bits per heavy atom. The number of anilines is 1. The first-order chi connectivity index (χ1) is 21.7. The number of fused-ring (bicyclic) bond motifs is 9. The van der Waals surface area contributed by atoms with E-state index in [1.807, 2.05) is 0 Å². The summed E-state index contributed by atoms with van der Waals surface area (Å²) in [6.45, 7) is 1.45. The Morgan fingerprint density at radius 2 is 1.78 bits per heavy atom. The molecule has 1 saturated heterocycles. The van der Waals surface area contributed by atoms with Crippen molar-refractivity contribution in [3.63, 3.8) is 0 Å². The Balaban J connectivity index is 1.11. The van der Waals surface area contributed by atoms with Gasteiger partial charge in [0.15, 0.2) is 11.5 Å². The Kier molecular flexibility index (Phi) is 6.83. The van der Waals surface area contributed by atoms with Gasteiger partial charge >= 0.3 is 11.2 Å².